The highest BCUT2D eigenvalue weighted by Crippen LogP contribution is 2.16. The Balaban J connectivity index is 2.15. The fourth-order valence-corrected chi connectivity index (χ4v) is 2.16. The van der Waals surface area contributed by atoms with Gasteiger partial charge in [-0.2, -0.15) is 0 Å². The molecular weight excluding hydrogens is 340 g/mol. The minimum atomic E-state index is -0.712. The lowest BCUT2D eigenvalue weighted by atomic mass is 10.2. The van der Waals surface area contributed by atoms with E-state index in [-0.39, 0.29) is 18.2 Å². The molecule has 25 heavy (non-hydrogen) atoms. The zero-order chi connectivity index (χ0) is 18.1. The number of ether oxygens (including phenoxy) is 2. The van der Waals surface area contributed by atoms with E-state index in [1.54, 1.807) is 25.1 Å². The summed E-state index contributed by atoms with van der Waals surface area (Å²) in [5.74, 6) is 0.123. The minimum Gasteiger partial charge on any atom is -0.461 e. The first kappa shape index (κ1) is 18.5. The maximum Gasteiger partial charge on any atom is 0.356 e. The summed E-state index contributed by atoms with van der Waals surface area (Å²) in [6.07, 6.45) is 1.29. The zero-order valence-electron chi connectivity index (χ0n) is 13.8. The first-order valence-corrected chi connectivity index (χ1v) is 8.15. The zero-order valence-corrected chi connectivity index (χ0v) is 14.5. The van der Waals surface area contributed by atoms with Crippen LogP contribution in [0.3, 0.4) is 0 Å². The second kappa shape index (κ2) is 9.49. The molecule has 130 valence electrons. The number of hydrogen-bond acceptors (Lipinski definition) is 5. The van der Waals surface area contributed by atoms with Crippen molar-refractivity contribution in [3.63, 3.8) is 0 Å². The SMILES string of the molecule is CCOC(=O)C(=N)/C=C(\NCc1ccccc1Cl)Oc1ccccc1. The van der Waals surface area contributed by atoms with E-state index < -0.39 is 5.97 Å². The van der Waals surface area contributed by atoms with Crippen molar-refractivity contribution in [2.24, 2.45) is 0 Å². The van der Waals surface area contributed by atoms with Crippen LogP contribution in [0.25, 0.3) is 0 Å². The molecule has 0 aliphatic rings. The molecule has 5 nitrogen and oxygen atoms in total. The molecule has 2 rings (SSSR count). The maximum atomic E-state index is 11.7. The Morgan fingerprint density at radius 2 is 1.84 bits per heavy atom. The van der Waals surface area contributed by atoms with Gasteiger partial charge in [-0.25, -0.2) is 4.79 Å². The normalized spacial score (nSPS) is 10.9. The second-order valence-corrected chi connectivity index (χ2v) is 5.41. The van der Waals surface area contributed by atoms with Crippen molar-refractivity contribution in [3.05, 3.63) is 77.1 Å². The molecule has 0 spiro atoms. The van der Waals surface area contributed by atoms with Gasteiger partial charge in [-0.05, 0) is 30.7 Å². The molecule has 0 saturated carbocycles. The largest absolute Gasteiger partial charge is 0.461 e. The molecule has 2 aromatic rings. The summed E-state index contributed by atoms with van der Waals surface area (Å²) in [5.41, 5.74) is 0.564. The van der Waals surface area contributed by atoms with Gasteiger partial charge in [0, 0.05) is 17.6 Å². The Bertz CT molecular complexity index is 760. The number of esters is 1. The van der Waals surface area contributed by atoms with Crippen LogP contribution in [0.2, 0.25) is 5.02 Å². The van der Waals surface area contributed by atoms with Crippen LogP contribution in [0, 0.1) is 5.41 Å². The van der Waals surface area contributed by atoms with Gasteiger partial charge in [0.15, 0.2) is 5.88 Å². The van der Waals surface area contributed by atoms with Crippen molar-refractivity contribution in [1.82, 2.24) is 5.32 Å². The molecule has 0 saturated heterocycles. The quantitative estimate of drug-likeness (QED) is 0.426. The van der Waals surface area contributed by atoms with Crippen molar-refractivity contribution in [3.8, 4) is 5.75 Å². The molecule has 2 aromatic carbocycles. The van der Waals surface area contributed by atoms with E-state index in [0.717, 1.165) is 5.56 Å². The first-order chi connectivity index (χ1) is 12.1. The molecule has 0 bridgehead atoms. The van der Waals surface area contributed by atoms with Gasteiger partial charge >= 0.3 is 5.97 Å². The molecule has 0 atom stereocenters. The highest BCUT2D eigenvalue weighted by atomic mass is 35.5. The lowest BCUT2D eigenvalue weighted by Crippen LogP contribution is -2.22. The molecule has 0 aromatic heterocycles. The van der Waals surface area contributed by atoms with Gasteiger partial charge in [0.2, 0.25) is 0 Å². The fraction of sp³-hybridized carbons (Fsp3) is 0.158. The summed E-state index contributed by atoms with van der Waals surface area (Å²) in [4.78, 5) is 11.7. The Kier molecular flexibility index (Phi) is 7.04. The van der Waals surface area contributed by atoms with Crippen LogP contribution in [0.1, 0.15) is 12.5 Å². The molecule has 0 radical (unpaired) electrons. The van der Waals surface area contributed by atoms with Crippen molar-refractivity contribution >= 4 is 23.3 Å². The highest BCUT2D eigenvalue weighted by Gasteiger charge is 2.11. The predicted molar refractivity (Wildman–Crippen MR) is 97.8 cm³/mol. The number of rotatable bonds is 8. The van der Waals surface area contributed by atoms with Crippen LogP contribution in [0.5, 0.6) is 5.75 Å². The van der Waals surface area contributed by atoms with E-state index >= 15 is 0 Å². The number of carbonyl (C=O) groups excluding carboxylic acids is 1. The van der Waals surface area contributed by atoms with E-state index in [1.807, 2.05) is 36.4 Å². The van der Waals surface area contributed by atoms with E-state index in [9.17, 15) is 4.79 Å². The van der Waals surface area contributed by atoms with E-state index in [1.165, 1.54) is 6.08 Å². The third-order valence-corrected chi connectivity index (χ3v) is 3.52. The average molecular weight is 359 g/mol. The van der Waals surface area contributed by atoms with Gasteiger partial charge in [0.1, 0.15) is 11.5 Å². The van der Waals surface area contributed by atoms with Crippen molar-refractivity contribution < 1.29 is 14.3 Å². The van der Waals surface area contributed by atoms with Gasteiger partial charge in [-0.15, -0.1) is 0 Å². The minimum absolute atomic E-state index is 0.205. The predicted octanol–water partition coefficient (Wildman–Crippen LogP) is 3.93. The van der Waals surface area contributed by atoms with Crippen molar-refractivity contribution in [2.45, 2.75) is 13.5 Å². The summed E-state index contributed by atoms with van der Waals surface area (Å²) < 4.78 is 10.6. The van der Waals surface area contributed by atoms with E-state index in [2.05, 4.69) is 5.32 Å². The number of para-hydroxylation sites is 1. The van der Waals surface area contributed by atoms with E-state index in [4.69, 9.17) is 26.5 Å². The highest BCUT2D eigenvalue weighted by molar-refractivity contribution is 6.39. The van der Waals surface area contributed by atoms with Crippen LogP contribution in [0.4, 0.5) is 0 Å². The van der Waals surface area contributed by atoms with Crippen LogP contribution >= 0.6 is 11.6 Å². The van der Waals surface area contributed by atoms with Gasteiger partial charge in [0.25, 0.3) is 0 Å². The summed E-state index contributed by atoms with van der Waals surface area (Å²) in [6.45, 7) is 2.28. The third-order valence-electron chi connectivity index (χ3n) is 3.15. The molecular formula is C19H19ClN2O3. The van der Waals surface area contributed by atoms with Crippen LogP contribution in [0.15, 0.2) is 66.6 Å². The summed E-state index contributed by atoms with van der Waals surface area (Å²) in [7, 11) is 0. The molecule has 0 amide bonds. The van der Waals surface area contributed by atoms with Crippen LogP contribution in [-0.4, -0.2) is 18.3 Å². The topological polar surface area (TPSA) is 71.4 Å². The molecule has 0 aliphatic carbocycles. The van der Waals surface area contributed by atoms with Gasteiger partial charge in [0.05, 0.1) is 6.61 Å². The summed E-state index contributed by atoms with van der Waals surface area (Å²) in [6, 6.07) is 16.5. The Labute approximate surface area is 151 Å². The molecule has 0 fully saturated rings. The number of carbonyl (C=O) groups is 1. The van der Waals surface area contributed by atoms with Crippen molar-refractivity contribution in [2.75, 3.05) is 6.61 Å². The number of halogens is 1. The van der Waals surface area contributed by atoms with Gasteiger partial charge < -0.3 is 14.8 Å². The Morgan fingerprint density at radius 3 is 2.52 bits per heavy atom. The fourth-order valence-electron chi connectivity index (χ4n) is 1.96. The molecule has 0 heterocycles. The average Bonchev–Trinajstić information content (AvgIpc) is 2.62. The molecule has 6 heteroatoms. The maximum absolute atomic E-state index is 11.7. The Morgan fingerprint density at radius 1 is 1.16 bits per heavy atom. The first-order valence-electron chi connectivity index (χ1n) is 7.77. The summed E-state index contributed by atoms with van der Waals surface area (Å²) in [5, 5.41) is 11.5. The molecule has 0 aliphatic heterocycles. The molecule has 2 N–H and O–H groups in total. The van der Waals surface area contributed by atoms with Crippen LogP contribution in [-0.2, 0) is 16.1 Å². The number of benzene rings is 2. The Hall–Kier alpha value is -2.79. The van der Waals surface area contributed by atoms with E-state index in [0.29, 0.717) is 17.3 Å². The molecule has 0 unspecified atom stereocenters. The smallest absolute Gasteiger partial charge is 0.356 e. The monoisotopic (exact) mass is 358 g/mol. The van der Waals surface area contributed by atoms with Gasteiger partial charge in [-0.1, -0.05) is 48.0 Å². The lowest BCUT2D eigenvalue weighted by Gasteiger charge is -2.13. The third kappa shape index (κ3) is 5.97. The number of nitrogens with one attached hydrogen (secondary N) is 2. The van der Waals surface area contributed by atoms with Crippen LogP contribution < -0.4 is 10.1 Å². The van der Waals surface area contributed by atoms with Gasteiger partial charge in [-0.3, -0.25) is 5.41 Å². The lowest BCUT2D eigenvalue weighted by molar-refractivity contribution is -0.135. The summed E-state index contributed by atoms with van der Waals surface area (Å²) >= 11 is 6.15. The standard InChI is InChI=1S/C19H19ClN2O3/c1-2-24-19(23)17(21)12-18(25-15-9-4-3-5-10-15)22-13-14-8-6-7-11-16(14)20/h3-12,21-22H,2,13H2,1H3/b18-12+,21-17?. The second-order valence-electron chi connectivity index (χ2n) is 5.00. The number of hydrogen-bond donors (Lipinski definition) is 2. The van der Waals surface area contributed by atoms with Crippen molar-refractivity contribution in [1.29, 1.82) is 5.41 Å².